The van der Waals surface area contributed by atoms with E-state index in [4.69, 9.17) is 14.5 Å². The number of nitrogens with zero attached hydrogens (tertiary/aromatic N) is 2. The molecule has 0 bridgehead atoms. The number of hydrogen-bond acceptors (Lipinski definition) is 6. The minimum atomic E-state index is 0. The molecule has 0 spiro atoms. The monoisotopic (exact) mass is 339 g/mol. The molecule has 1 N–H and O–H groups in total. The van der Waals surface area contributed by atoms with Gasteiger partial charge in [0.1, 0.15) is 5.01 Å². The Hall–Kier alpha value is -1.34. The molecule has 118 valence electrons. The van der Waals surface area contributed by atoms with Gasteiger partial charge in [-0.25, -0.2) is 4.98 Å². The maximum absolute atomic E-state index is 5.43. The second-order valence-electron chi connectivity index (χ2n) is 5.24. The second-order valence-corrected chi connectivity index (χ2v) is 6.10. The lowest BCUT2D eigenvalue weighted by Gasteiger charge is -2.26. The number of piperazine rings is 1. The van der Waals surface area contributed by atoms with Crippen molar-refractivity contribution in [1.82, 2.24) is 15.2 Å². The first-order valence-electron chi connectivity index (χ1n) is 7.16. The van der Waals surface area contributed by atoms with Crippen molar-refractivity contribution >= 4 is 23.7 Å². The Labute approximate surface area is 139 Å². The zero-order valence-corrected chi connectivity index (χ0v) is 13.7. The molecular formula is C15H18ClN3O2S. The third-order valence-electron chi connectivity index (χ3n) is 3.77. The minimum absolute atomic E-state index is 0. The molecule has 1 fully saturated rings. The van der Waals surface area contributed by atoms with Gasteiger partial charge < -0.3 is 14.8 Å². The number of benzene rings is 1. The van der Waals surface area contributed by atoms with Crippen molar-refractivity contribution in [3.63, 3.8) is 0 Å². The average Bonchev–Trinajstić information content (AvgIpc) is 3.16. The molecule has 22 heavy (non-hydrogen) atoms. The van der Waals surface area contributed by atoms with E-state index in [9.17, 15) is 0 Å². The van der Waals surface area contributed by atoms with Gasteiger partial charge in [0.2, 0.25) is 6.79 Å². The fourth-order valence-electron chi connectivity index (χ4n) is 2.64. The fraction of sp³-hybridized carbons (Fsp3) is 0.400. The van der Waals surface area contributed by atoms with E-state index >= 15 is 0 Å². The number of nitrogens with one attached hydrogen (secondary N) is 1. The Morgan fingerprint density at radius 2 is 2.00 bits per heavy atom. The normalized spacial score (nSPS) is 17.3. The van der Waals surface area contributed by atoms with E-state index in [-0.39, 0.29) is 12.4 Å². The van der Waals surface area contributed by atoms with Gasteiger partial charge in [-0.1, -0.05) is 0 Å². The zero-order chi connectivity index (χ0) is 14.1. The van der Waals surface area contributed by atoms with E-state index in [0.29, 0.717) is 6.79 Å². The molecule has 0 atom stereocenters. The van der Waals surface area contributed by atoms with Crippen LogP contribution in [0.1, 0.15) is 5.69 Å². The van der Waals surface area contributed by atoms with Gasteiger partial charge in [-0.2, -0.15) is 0 Å². The number of ether oxygens (including phenoxy) is 2. The summed E-state index contributed by atoms with van der Waals surface area (Å²) in [5, 5.41) is 6.57. The molecule has 0 amide bonds. The summed E-state index contributed by atoms with van der Waals surface area (Å²) in [6.07, 6.45) is 0. The highest BCUT2D eigenvalue weighted by Crippen LogP contribution is 2.36. The quantitative estimate of drug-likeness (QED) is 0.930. The molecule has 5 nitrogen and oxygen atoms in total. The van der Waals surface area contributed by atoms with Crippen molar-refractivity contribution in [3.05, 3.63) is 29.3 Å². The molecule has 1 saturated heterocycles. The zero-order valence-electron chi connectivity index (χ0n) is 12.1. The van der Waals surface area contributed by atoms with Crippen LogP contribution in [0.3, 0.4) is 0 Å². The summed E-state index contributed by atoms with van der Waals surface area (Å²) in [5.41, 5.74) is 2.24. The van der Waals surface area contributed by atoms with E-state index in [0.717, 1.165) is 60.5 Å². The summed E-state index contributed by atoms with van der Waals surface area (Å²) in [4.78, 5) is 7.20. The topological polar surface area (TPSA) is 46.6 Å². The summed E-state index contributed by atoms with van der Waals surface area (Å²) in [7, 11) is 0. The molecule has 2 aromatic rings. The number of halogens is 1. The Kier molecular flexibility index (Phi) is 4.83. The Morgan fingerprint density at radius 1 is 1.18 bits per heavy atom. The summed E-state index contributed by atoms with van der Waals surface area (Å²) in [6, 6.07) is 6.01. The van der Waals surface area contributed by atoms with E-state index < -0.39 is 0 Å². The van der Waals surface area contributed by atoms with Crippen LogP contribution >= 0.6 is 23.7 Å². The molecule has 0 saturated carbocycles. The number of thiazole rings is 1. The van der Waals surface area contributed by atoms with Crippen LogP contribution in [0.15, 0.2) is 23.6 Å². The molecular weight excluding hydrogens is 322 g/mol. The highest BCUT2D eigenvalue weighted by Gasteiger charge is 2.16. The lowest BCUT2D eigenvalue weighted by atomic mass is 10.2. The summed E-state index contributed by atoms with van der Waals surface area (Å²) < 4.78 is 10.8. The molecule has 2 aliphatic rings. The largest absolute Gasteiger partial charge is 0.454 e. The molecule has 0 radical (unpaired) electrons. The smallest absolute Gasteiger partial charge is 0.231 e. The van der Waals surface area contributed by atoms with Gasteiger partial charge in [0.15, 0.2) is 11.5 Å². The molecule has 0 aliphatic carbocycles. The van der Waals surface area contributed by atoms with Crippen LogP contribution in [0.5, 0.6) is 11.5 Å². The van der Waals surface area contributed by atoms with Crippen molar-refractivity contribution < 1.29 is 9.47 Å². The third-order valence-corrected chi connectivity index (χ3v) is 4.71. The first-order valence-corrected chi connectivity index (χ1v) is 8.04. The van der Waals surface area contributed by atoms with E-state index in [1.807, 2.05) is 18.2 Å². The van der Waals surface area contributed by atoms with Gasteiger partial charge in [-0.05, 0) is 18.2 Å². The summed E-state index contributed by atoms with van der Waals surface area (Å²) >= 11 is 1.69. The van der Waals surface area contributed by atoms with Gasteiger partial charge in [-0.3, -0.25) is 4.90 Å². The summed E-state index contributed by atoms with van der Waals surface area (Å²) in [6.45, 7) is 5.57. The van der Waals surface area contributed by atoms with Crippen LogP contribution in [0.25, 0.3) is 10.6 Å². The predicted molar refractivity (Wildman–Crippen MR) is 89.1 cm³/mol. The Bertz CT molecular complexity index is 643. The molecule has 1 aromatic heterocycles. The third kappa shape index (κ3) is 3.20. The van der Waals surface area contributed by atoms with E-state index in [1.54, 1.807) is 11.3 Å². The van der Waals surface area contributed by atoms with Crippen LogP contribution in [0, 0.1) is 0 Å². The average molecular weight is 340 g/mol. The lowest BCUT2D eigenvalue weighted by molar-refractivity contribution is 0.174. The lowest BCUT2D eigenvalue weighted by Crippen LogP contribution is -2.42. The van der Waals surface area contributed by atoms with Crippen LogP contribution in [0.2, 0.25) is 0 Å². The first kappa shape index (κ1) is 15.6. The van der Waals surface area contributed by atoms with Gasteiger partial charge in [0.25, 0.3) is 0 Å². The van der Waals surface area contributed by atoms with Crippen LogP contribution in [0.4, 0.5) is 0 Å². The number of hydrogen-bond donors (Lipinski definition) is 1. The van der Waals surface area contributed by atoms with Crippen molar-refractivity contribution in [2.75, 3.05) is 33.0 Å². The van der Waals surface area contributed by atoms with Gasteiger partial charge >= 0.3 is 0 Å². The Balaban J connectivity index is 0.00000144. The van der Waals surface area contributed by atoms with Crippen molar-refractivity contribution in [1.29, 1.82) is 0 Å². The predicted octanol–water partition coefficient (Wildman–Crippen LogP) is 2.37. The first-order chi connectivity index (χ1) is 10.4. The highest BCUT2D eigenvalue weighted by atomic mass is 35.5. The SMILES string of the molecule is Cl.c1cc2c(cc1-c1nc(CN3CCNCC3)cs1)OCO2. The van der Waals surface area contributed by atoms with Crippen molar-refractivity contribution in [2.24, 2.45) is 0 Å². The summed E-state index contributed by atoms with van der Waals surface area (Å²) in [5.74, 6) is 1.63. The maximum atomic E-state index is 5.43. The number of aromatic nitrogens is 1. The maximum Gasteiger partial charge on any atom is 0.231 e. The number of fused-ring (bicyclic) bond motifs is 1. The molecule has 2 aliphatic heterocycles. The molecule has 0 unspecified atom stereocenters. The molecule has 3 heterocycles. The van der Waals surface area contributed by atoms with E-state index in [1.165, 1.54) is 0 Å². The molecule has 1 aromatic carbocycles. The van der Waals surface area contributed by atoms with Gasteiger partial charge in [-0.15, -0.1) is 23.7 Å². The van der Waals surface area contributed by atoms with Crippen LogP contribution in [-0.2, 0) is 6.54 Å². The fourth-order valence-corrected chi connectivity index (χ4v) is 3.45. The van der Waals surface area contributed by atoms with Crippen LogP contribution in [-0.4, -0.2) is 42.9 Å². The standard InChI is InChI=1S/C15H17N3O2S.ClH/c1-2-13-14(20-10-19-13)7-11(1)15-17-12(9-21-15)8-18-5-3-16-4-6-18;/h1-2,7,9,16H,3-6,8,10H2;1H. The molecule has 7 heteroatoms. The number of rotatable bonds is 3. The van der Waals surface area contributed by atoms with Crippen LogP contribution < -0.4 is 14.8 Å². The minimum Gasteiger partial charge on any atom is -0.454 e. The van der Waals surface area contributed by atoms with Gasteiger partial charge in [0, 0.05) is 43.7 Å². The second kappa shape index (κ2) is 6.83. The van der Waals surface area contributed by atoms with Crippen molar-refractivity contribution in [2.45, 2.75) is 6.54 Å². The van der Waals surface area contributed by atoms with Gasteiger partial charge in [0.05, 0.1) is 5.69 Å². The van der Waals surface area contributed by atoms with E-state index in [2.05, 4.69) is 15.6 Å². The Morgan fingerprint density at radius 3 is 2.86 bits per heavy atom. The highest BCUT2D eigenvalue weighted by molar-refractivity contribution is 7.13. The molecule has 4 rings (SSSR count). The van der Waals surface area contributed by atoms with Crippen molar-refractivity contribution in [3.8, 4) is 22.1 Å².